The van der Waals surface area contributed by atoms with E-state index in [9.17, 15) is 9.59 Å². The second-order valence-corrected chi connectivity index (χ2v) is 5.38. The van der Waals surface area contributed by atoms with E-state index in [0.29, 0.717) is 6.42 Å². The summed E-state index contributed by atoms with van der Waals surface area (Å²) in [5.74, 6) is 0. The van der Waals surface area contributed by atoms with Crippen LogP contribution in [0.5, 0.6) is 0 Å². The summed E-state index contributed by atoms with van der Waals surface area (Å²) in [5.41, 5.74) is 0. The van der Waals surface area contributed by atoms with E-state index in [2.05, 4.69) is 16.0 Å². The van der Waals surface area contributed by atoms with Gasteiger partial charge in [-0.15, -0.1) is 0 Å². The number of rotatable bonds is 3. The zero-order valence-corrected chi connectivity index (χ0v) is 11.8. The van der Waals surface area contributed by atoms with Gasteiger partial charge >= 0.3 is 12.1 Å². The second kappa shape index (κ2) is 5.93. The Kier molecular flexibility index (Phi) is 4.81. The Morgan fingerprint density at radius 2 is 2.00 bits per heavy atom. The fraction of sp³-hybridized carbons (Fsp3) is 0.833. The predicted octanol–water partition coefficient (Wildman–Crippen LogP) is 1.23. The molecule has 2 unspecified atom stereocenters. The molecule has 4 amide bonds. The maximum absolute atomic E-state index is 11.9. The summed E-state index contributed by atoms with van der Waals surface area (Å²) in [6, 6.07) is -0.174. The van der Waals surface area contributed by atoms with Crippen LogP contribution in [0.4, 0.5) is 9.59 Å². The van der Waals surface area contributed by atoms with Crippen LogP contribution in [-0.4, -0.2) is 41.3 Å². The number of carbonyl (C=O) groups is 2. The molecule has 1 aliphatic heterocycles. The van der Waals surface area contributed by atoms with E-state index in [4.69, 9.17) is 0 Å². The number of nitrogens with zero attached hydrogens (tertiary/aromatic N) is 1. The Hall–Kier alpha value is -1.46. The average Bonchev–Trinajstić information content (AvgIpc) is 2.12. The summed E-state index contributed by atoms with van der Waals surface area (Å²) in [5, 5.41) is 8.50. The molecule has 1 rings (SSSR count). The van der Waals surface area contributed by atoms with Crippen molar-refractivity contribution in [1.82, 2.24) is 20.9 Å². The molecule has 0 saturated carbocycles. The van der Waals surface area contributed by atoms with Gasteiger partial charge in [0, 0.05) is 24.5 Å². The van der Waals surface area contributed by atoms with Crippen molar-refractivity contribution in [1.29, 1.82) is 0 Å². The van der Waals surface area contributed by atoms with Crippen LogP contribution in [-0.2, 0) is 0 Å². The van der Waals surface area contributed by atoms with Gasteiger partial charge in [-0.2, -0.15) is 0 Å². The molecule has 0 aromatic rings. The summed E-state index contributed by atoms with van der Waals surface area (Å²) in [7, 11) is 0. The highest BCUT2D eigenvalue weighted by molar-refractivity contribution is 5.78. The van der Waals surface area contributed by atoms with Crippen LogP contribution in [0.2, 0.25) is 0 Å². The Morgan fingerprint density at radius 3 is 2.50 bits per heavy atom. The van der Waals surface area contributed by atoms with Crippen LogP contribution < -0.4 is 16.0 Å². The van der Waals surface area contributed by atoms with Gasteiger partial charge in [0.25, 0.3) is 0 Å². The van der Waals surface area contributed by atoms with Crippen LogP contribution in [0.25, 0.3) is 0 Å². The minimum atomic E-state index is -0.257. The van der Waals surface area contributed by atoms with Crippen LogP contribution in [0.15, 0.2) is 0 Å². The number of urea groups is 2. The van der Waals surface area contributed by atoms with Crippen molar-refractivity contribution in [3.05, 3.63) is 0 Å². The molecular weight excluding hydrogens is 232 g/mol. The minimum absolute atomic E-state index is 0.0434. The SMILES string of the molecule is CC(C)NC(=O)NC1CC(C)NC(=O)N1C(C)C. The van der Waals surface area contributed by atoms with Crippen LogP contribution >= 0.6 is 0 Å². The van der Waals surface area contributed by atoms with Crippen molar-refractivity contribution >= 4 is 12.1 Å². The Labute approximate surface area is 108 Å². The zero-order valence-electron chi connectivity index (χ0n) is 11.8. The molecule has 0 aromatic heterocycles. The number of hydrogen-bond donors (Lipinski definition) is 3. The molecule has 0 aliphatic carbocycles. The number of amides is 4. The molecule has 0 spiro atoms. The first kappa shape index (κ1) is 14.6. The van der Waals surface area contributed by atoms with Gasteiger partial charge in [0.1, 0.15) is 6.17 Å². The number of carbonyl (C=O) groups excluding carboxylic acids is 2. The summed E-state index contributed by atoms with van der Waals surface area (Å²) in [4.78, 5) is 25.3. The third kappa shape index (κ3) is 3.78. The molecule has 0 aromatic carbocycles. The van der Waals surface area contributed by atoms with Crippen molar-refractivity contribution in [3.8, 4) is 0 Å². The quantitative estimate of drug-likeness (QED) is 0.710. The van der Waals surface area contributed by atoms with Crippen LogP contribution in [0, 0.1) is 0 Å². The van der Waals surface area contributed by atoms with Gasteiger partial charge < -0.3 is 20.9 Å². The van der Waals surface area contributed by atoms with E-state index in [1.54, 1.807) is 4.90 Å². The average molecular weight is 256 g/mol. The number of nitrogens with one attached hydrogen (secondary N) is 3. The molecule has 18 heavy (non-hydrogen) atoms. The summed E-state index contributed by atoms with van der Waals surface area (Å²) < 4.78 is 0. The summed E-state index contributed by atoms with van der Waals surface area (Å²) in [6.45, 7) is 9.60. The van der Waals surface area contributed by atoms with Gasteiger partial charge in [-0.1, -0.05) is 0 Å². The van der Waals surface area contributed by atoms with Crippen molar-refractivity contribution < 1.29 is 9.59 Å². The Balaban J connectivity index is 2.69. The van der Waals surface area contributed by atoms with Crippen molar-refractivity contribution in [2.45, 2.75) is 65.3 Å². The first-order chi connectivity index (χ1) is 8.31. The normalized spacial score (nSPS) is 24.2. The number of hydrogen-bond acceptors (Lipinski definition) is 2. The molecule has 1 aliphatic rings. The smallest absolute Gasteiger partial charge is 0.319 e. The van der Waals surface area contributed by atoms with Gasteiger partial charge in [0.2, 0.25) is 0 Å². The third-order valence-electron chi connectivity index (χ3n) is 2.79. The van der Waals surface area contributed by atoms with Gasteiger partial charge in [0.05, 0.1) is 0 Å². The summed E-state index contributed by atoms with van der Waals surface area (Å²) >= 11 is 0. The maximum atomic E-state index is 11.9. The van der Waals surface area contributed by atoms with Crippen LogP contribution in [0.1, 0.15) is 41.0 Å². The molecule has 1 fully saturated rings. The van der Waals surface area contributed by atoms with Gasteiger partial charge in [-0.25, -0.2) is 9.59 Å². The fourth-order valence-electron chi connectivity index (χ4n) is 2.11. The molecule has 104 valence electrons. The Bertz CT molecular complexity index is 317. The molecule has 2 atom stereocenters. The Morgan fingerprint density at radius 1 is 1.39 bits per heavy atom. The van der Waals surface area contributed by atoms with E-state index >= 15 is 0 Å². The fourth-order valence-corrected chi connectivity index (χ4v) is 2.11. The highest BCUT2D eigenvalue weighted by atomic mass is 16.2. The highest BCUT2D eigenvalue weighted by Crippen LogP contribution is 2.15. The second-order valence-electron chi connectivity index (χ2n) is 5.38. The first-order valence-electron chi connectivity index (χ1n) is 6.47. The molecule has 0 radical (unpaired) electrons. The lowest BCUT2D eigenvalue weighted by Gasteiger charge is -2.41. The lowest BCUT2D eigenvalue weighted by Crippen LogP contribution is -2.64. The molecule has 0 bridgehead atoms. The van der Waals surface area contributed by atoms with E-state index in [1.807, 2.05) is 34.6 Å². The maximum Gasteiger partial charge on any atom is 0.319 e. The first-order valence-corrected chi connectivity index (χ1v) is 6.47. The largest absolute Gasteiger partial charge is 0.336 e. The van der Waals surface area contributed by atoms with E-state index in [-0.39, 0.29) is 36.4 Å². The molecule has 3 N–H and O–H groups in total. The van der Waals surface area contributed by atoms with E-state index in [1.165, 1.54) is 0 Å². The van der Waals surface area contributed by atoms with Gasteiger partial charge in [-0.05, 0) is 34.6 Å². The van der Waals surface area contributed by atoms with Crippen molar-refractivity contribution in [2.24, 2.45) is 0 Å². The third-order valence-corrected chi connectivity index (χ3v) is 2.79. The van der Waals surface area contributed by atoms with Gasteiger partial charge in [-0.3, -0.25) is 0 Å². The molecule has 6 nitrogen and oxygen atoms in total. The van der Waals surface area contributed by atoms with Gasteiger partial charge in [0.15, 0.2) is 0 Å². The van der Waals surface area contributed by atoms with E-state index < -0.39 is 0 Å². The van der Waals surface area contributed by atoms with Crippen LogP contribution in [0.3, 0.4) is 0 Å². The highest BCUT2D eigenvalue weighted by Gasteiger charge is 2.34. The zero-order chi connectivity index (χ0) is 13.9. The molecule has 1 saturated heterocycles. The lowest BCUT2D eigenvalue weighted by atomic mass is 10.1. The summed E-state index contributed by atoms with van der Waals surface area (Å²) in [6.07, 6.45) is 0.447. The topological polar surface area (TPSA) is 73.5 Å². The lowest BCUT2D eigenvalue weighted by molar-refractivity contribution is 0.108. The molecular formula is C12H24N4O2. The predicted molar refractivity (Wildman–Crippen MR) is 70.2 cm³/mol. The molecule has 6 heteroatoms. The monoisotopic (exact) mass is 256 g/mol. The van der Waals surface area contributed by atoms with Crippen molar-refractivity contribution in [3.63, 3.8) is 0 Å². The minimum Gasteiger partial charge on any atom is -0.336 e. The molecule has 1 heterocycles. The standard InChI is InChI=1S/C12H24N4O2/c1-7(2)13-11(17)15-10-6-9(5)14-12(18)16(10)8(3)4/h7-10H,6H2,1-5H3,(H,14,18)(H2,13,15,17). The van der Waals surface area contributed by atoms with Crippen molar-refractivity contribution in [2.75, 3.05) is 0 Å². The van der Waals surface area contributed by atoms with E-state index in [0.717, 1.165) is 0 Å².